The smallest absolute Gasteiger partial charge is 0.0121 e. The van der Waals surface area contributed by atoms with Gasteiger partial charge in [-0.3, -0.25) is 0 Å². The lowest BCUT2D eigenvalue weighted by Gasteiger charge is -2.62. The first-order chi connectivity index (χ1) is 13.5. The van der Waals surface area contributed by atoms with E-state index in [2.05, 4.69) is 78.1 Å². The third kappa shape index (κ3) is 2.17. The third-order valence-electron chi connectivity index (χ3n) is 12.4. The first-order valence-electron chi connectivity index (χ1n) is 12.5. The van der Waals surface area contributed by atoms with Gasteiger partial charge in [-0.25, -0.2) is 0 Å². The molecule has 0 radical (unpaired) electrons. The van der Waals surface area contributed by atoms with E-state index in [1.54, 1.807) is 0 Å². The SMILES string of the molecule is CN[C@H]1CC[C@]23C[C@]24CC[C@]2(C)[C@@H]([C@H](C)N(C)C)CC[C@@]2(C)[C@@H]4C=C[C@H]3C1(C)C. The average Bonchev–Trinajstić information content (AvgIpc) is 3.24. The van der Waals surface area contributed by atoms with Crippen molar-refractivity contribution in [3.05, 3.63) is 12.2 Å². The van der Waals surface area contributed by atoms with Crippen LogP contribution in [0, 0.1) is 44.8 Å². The van der Waals surface area contributed by atoms with Crippen LogP contribution in [0.15, 0.2) is 12.2 Å². The van der Waals surface area contributed by atoms with Gasteiger partial charge in [0.25, 0.3) is 0 Å². The Balaban J connectivity index is 1.54. The van der Waals surface area contributed by atoms with Crippen molar-refractivity contribution in [3.63, 3.8) is 0 Å². The topological polar surface area (TPSA) is 15.3 Å². The molecule has 0 aromatic rings. The van der Waals surface area contributed by atoms with Gasteiger partial charge in [0, 0.05) is 12.1 Å². The first kappa shape index (κ1) is 20.6. The fourth-order valence-corrected chi connectivity index (χ4v) is 10.3. The van der Waals surface area contributed by atoms with Crippen LogP contribution in [0.1, 0.15) is 79.6 Å². The molecule has 29 heavy (non-hydrogen) atoms. The Morgan fingerprint density at radius 1 is 0.862 bits per heavy atom. The number of hydrogen-bond acceptors (Lipinski definition) is 2. The number of fused-ring (bicyclic) bond motifs is 2. The summed E-state index contributed by atoms with van der Waals surface area (Å²) in [5, 5.41) is 3.67. The van der Waals surface area contributed by atoms with E-state index in [0.717, 1.165) is 17.8 Å². The zero-order valence-corrected chi connectivity index (χ0v) is 20.4. The lowest BCUT2D eigenvalue weighted by atomic mass is 9.43. The van der Waals surface area contributed by atoms with E-state index < -0.39 is 0 Å². The molecule has 2 spiro atoms. The van der Waals surface area contributed by atoms with Crippen molar-refractivity contribution in [2.24, 2.45) is 44.8 Å². The fraction of sp³-hybridized carbons (Fsp3) is 0.926. The summed E-state index contributed by atoms with van der Waals surface area (Å²) < 4.78 is 0. The highest BCUT2D eigenvalue weighted by atomic mass is 15.1. The molecule has 5 aliphatic rings. The predicted molar refractivity (Wildman–Crippen MR) is 123 cm³/mol. The molecule has 2 heteroatoms. The first-order valence-corrected chi connectivity index (χ1v) is 12.5. The minimum atomic E-state index is 0.372. The Bertz CT molecular complexity index is 724. The van der Waals surface area contributed by atoms with Crippen LogP contribution in [0.25, 0.3) is 0 Å². The van der Waals surface area contributed by atoms with Crippen LogP contribution < -0.4 is 5.32 Å². The van der Waals surface area contributed by atoms with E-state index in [1.807, 2.05) is 0 Å². The van der Waals surface area contributed by atoms with Crippen LogP contribution in [0.4, 0.5) is 0 Å². The summed E-state index contributed by atoms with van der Waals surface area (Å²) in [4.78, 5) is 2.49. The molecule has 0 heterocycles. The van der Waals surface area contributed by atoms with E-state index in [0.29, 0.717) is 39.2 Å². The van der Waals surface area contributed by atoms with Crippen molar-refractivity contribution in [1.29, 1.82) is 0 Å². The monoisotopic (exact) mass is 398 g/mol. The number of nitrogens with zero attached hydrogens (tertiary/aromatic N) is 1. The molecule has 4 fully saturated rings. The summed E-state index contributed by atoms with van der Waals surface area (Å²) in [7, 11) is 6.76. The maximum absolute atomic E-state index is 3.67. The molecule has 0 aromatic carbocycles. The Labute approximate surface area is 180 Å². The van der Waals surface area contributed by atoms with E-state index in [9.17, 15) is 0 Å². The molecule has 4 saturated carbocycles. The summed E-state index contributed by atoms with van der Waals surface area (Å²) in [5.41, 5.74) is 2.57. The molecule has 2 nitrogen and oxygen atoms in total. The molecule has 0 aliphatic heterocycles. The van der Waals surface area contributed by atoms with Gasteiger partial charge in [-0.2, -0.15) is 0 Å². The van der Waals surface area contributed by atoms with Gasteiger partial charge in [0.15, 0.2) is 0 Å². The molecule has 1 N–H and O–H groups in total. The molecule has 164 valence electrons. The van der Waals surface area contributed by atoms with Crippen LogP contribution in [0.3, 0.4) is 0 Å². The number of rotatable bonds is 3. The lowest BCUT2D eigenvalue weighted by molar-refractivity contribution is -0.102. The quantitative estimate of drug-likeness (QED) is 0.610. The molecule has 0 unspecified atom stereocenters. The third-order valence-corrected chi connectivity index (χ3v) is 12.4. The molecule has 0 aromatic heterocycles. The van der Waals surface area contributed by atoms with E-state index in [4.69, 9.17) is 0 Å². The summed E-state index contributed by atoms with van der Waals surface area (Å²) in [5.74, 6) is 2.42. The Morgan fingerprint density at radius 3 is 2.17 bits per heavy atom. The van der Waals surface area contributed by atoms with Crippen LogP contribution in [0.2, 0.25) is 0 Å². The van der Waals surface area contributed by atoms with E-state index >= 15 is 0 Å². The average molecular weight is 399 g/mol. The molecular weight excluding hydrogens is 352 g/mol. The van der Waals surface area contributed by atoms with Crippen LogP contribution in [0.5, 0.6) is 0 Å². The van der Waals surface area contributed by atoms with Crippen molar-refractivity contribution < 1.29 is 0 Å². The Kier molecular flexibility index (Phi) is 4.19. The molecule has 0 saturated heterocycles. The van der Waals surface area contributed by atoms with Gasteiger partial charge in [0.1, 0.15) is 0 Å². The minimum Gasteiger partial charge on any atom is -0.316 e. The Hall–Kier alpha value is -0.340. The maximum atomic E-state index is 3.67. The van der Waals surface area contributed by atoms with Crippen molar-refractivity contribution in [2.75, 3.05) is 21.1 Å². The number of nitrogens with one attached hydrogen (secondary N) is 1. The Morgan fingerprint density at radius 2 is 1.52 bits per heavy atom. The van der Waals surface area contributed by atoms with Crippen molar-refractivity contribution >= 4 is 0 Å². The molecule has 5 aliphatic carbocycles. The fourth-order valence-electron chi connectivity index (χ4n) is 10.3. The molecule has 0 amide bonds. The zero-order valence-electron chi connectivity index (χ0n) is 20.4. The second-order valence-corrected chi connectivity index (χ2v) is 13.2. The van der Waals surface area contributed by atoms with Crippen LogP contribution >= 0.6 is 0 Å². The standard InChI is InChI=1S/C27H46N2/c1-18(29(7)8)19-11-13-25(5)21-10-9-20-23(2,3)22(28-6)12-14-26(20)17-27(21,26)16-15-24(19,25)4/h9-10,18-22,28H,11-17H2,1-8H3/t18-,19+,20-,21-,22-,24+,25-,26+,27-/m0/s1. The van der Waals surface area contributed by atoms with Crippen molar-refractivity contribution in [2.45, 2.75) is 91.6 Å². The van der Waals surface area contributed by atoms with Gasteiger partial charge in [-0.05, 0) is 118 Å². The predicted octanol–water partition coefficient (Wildman–Crippen LogP) is 5.74. The van der Waals surface area contributed by atoms with E-state index in [1.165, 1.54) is 44.9 Å². The van der Waals surface area contributed by atoms with Gasteiger partial charge in [0.05, 0.1) is 0 Å². The minimum absolute atomic E-state index is 0.372. The van der Waals surface area contributed by atoms with Crippen LogP contribution in [-0.4, -0.2) is 38.1 Å². The number of allylic oxidation sites excluding steroid dienone is 2. The summed E-state index contributed by atoms with van der Waals surface area (Å²) in [6.07, 6.45) is 15.7. The normalized spacial score (nSPS) is 55.6. The molecule has 0 bridgehead atoms. The lowest BCUT2D eigenvalue weighted by Crippen LogP contribution is -2.58. The van der Waals surface area contributed by atoms with Crippen molar-refractivity contribution in [1.82, 2.24) is 10.2 Å². The molecule has 5 rings (SSSR count). The highest BCUT2D eigenvalue weighted by molar-refractivity contribution is 5.36. The molecule has 9 atom stereocenters. The van der Waals surface area contributed by atoms with Gasteiger partial charge in [-0.1, -0.05) is 39.8 Å². The second kappa shape index (κ2) is 5.91. The van der Waals surface area contributed by atoms with Crippen molar-refractivity contribution in [3.8, 4) is 0 Å². The number of hydrogen-bond donors (Lipinski definition) is 1. The van der Waals surface area contributed by atoms with Crippen LogP contribution in [-0.2, 0) is 0 Å². The van der Waals surface area contributed by atoms with Gasteiger partial charge >= 0.3 is 0 Å². The molecular formula is C27H46N2. The summed E-state index contributed by atoms with van der Waals surface area (Å²) >= 11 is 0. The summed E-state index contributed by atoms with van der Waals surface area (Å²) in [6.45, 7) is 13.0. The highest BCUT2D eigenvalue weighted by Gasteiger charge is 2.81. The van der Waals surface area contributed by atoms with Gasteiger partial charge < -0.3 is 10.2 Å². The largest absolute Gasteiger partial charge is 0.316 e. The zero-order chi connectivity index (χ0) is 21.0. The highest BCUT2D eigenvalue weighted by Crippen LogP contribution is 2.87. The van der Waals surface area contributed by atoms with Gasteiger partial charge in [0.2, 0.25) is 0 Å². The second-order valence-electron chi connectivity index (χ2n) is 13.2. The maximum Gasteiger partial charge on any atom is 0.0121 e. The summed E-state index contributed by atoms with van der Waals surface area (Å²) in [6, 6.07) is 1.35. The van der Waals surface area contributed by atoms with E-state index in [-0.39, 0.29) is 0 Å². The van der Waals surface area contributed by atoms with Gasteiger partial charge in [-0.15, -0.1) is 0 Å².